The molecule has 0 heterocycles. The Kier molecular flexibility index (Phi) is 5.05. The molecular weight excluding hydrogens is 146 g/mol. The van der Waals surface area contributed by atoms with Crippen molar-refractivity contribution >= 4 is 11.7 Å². The van der Waals surface area contributed by atoms with Crippen molar-refractivity contribution in [3.8, 4) is 6.07 Å². The molecule has 1 unspecified atom stereocenters. The molecule has 0 saturated heterocycles. The van der Waals surface area contributed by atoms with Gasteiger partial charge in [-0.1, -0.05) is 13.8 Å². The fraction of sp³-hybridized carbons (Fsp3) is 0.714. The van der Waals surface area contributed by atoms with Gasteiger partial charge in [-0.3, -0.25) is 0 Å². The Hall–Kier alpha value is -0.490. The fourth-order valence-electron chi connectivity index (χ4n) is 0.697. The van der Waals surface area contributed by atoms with Crippen LogP contribution in [0.3, 0.4) is 0 Å². The maximum atomic E-state index is 10.3. The van der Waals surface area contributed by atoms with Gasteiger partial charge in [0, 0.05) is 10.6 Å². The van der Waals surface area contributed by atoms with Crippen molar-refractivity contribution in [2.45, 2.75) is 31.9 Å². The molecular formula is C7H11NOS+. The van der Waals surface area contributed by atoms with Crippen molar-refractivity contribution in [2.75, 3.05) is 0 Å². The first-order valence-electron chi connectivity index (χ1n) is 3.15. The SMILES string of the molecule is C[C](C)CC(CC#N)[S+]=O. The molecule has 0 aliphatic carbocycles. The summed E-state index contributed by atoms with van der Waals surface area (Å²) in [7, 11) is 0. The lowest BCUT2D eigenvalue weighted by atomic mass is 10.1. The second kappa shape index (κ2) is 5.31. The molecule has 10 heavy (non-hydrogen) atoms. The van der Waals surface area contributed by atoms with Gasteiger partial charge in [-0.2, -0.15) is 5.26 Å². The van der Waals surface area contributed by atoms with Crippen LogP contribution in [0, 0.1) is 17.2 Å². The maximum Gasteiger partial charge on any atom is 0.463 e. The van der Waals surface area contributed by atoms with Gasteiger partial charge in [-0.05, 0) is 5.92 Å². The van der Waals surface area contributed by atoms with E-state index in [0.29, 0.717) is 18.1 Å². The maximum absolute atomic E-state index is 10.3. The summed E-state index contributed by atoms with van der Waals surface area (Å²) in [4.78, 5) is 0. The van der Waals surface area contributed by atoms with Gasteiger partial charge in [0.05, 0.1) is 12.5 Å². The minimum atomic E-state index is -0.0463. The summed E-state index contributed by atoms with van der Waals surface area (Å²) in [5.41, 5.74) is 0. The van der Waals surface area contributed by atoms with E-state index in [9.17, 15) is 4.21 Å². The van der Waals surface area contributed by atoms with Crippen LogP contribution in [0.5, 0.6) is 0 Å². The van der Waals surface area contributed by atoms with Crippen molar-refractivity contribution in [1.29, 1.82) is 5.26 Å². The molecule has 0 saturated carbocycles. The Morgan fingerprint density at radius 2 is 2.30 bits per heavy atom. The molecule has 0 N–H and O–H groups in total. The first-order chi connectivity index (χ1) is 4.70. The van der Waals surface area contributed by atoms with E-state index in [1.54, 1.807) is 0 Å². The van der Waals surface area contributed by atoms with Crippen molar-refractivity contribution in [1.82, 2.24) is 0 Å². The molecule has 0 spiro atoms. The van der Waals surface area contributed by atoms with Crippen LogP contribution in [0.2, 0.25) is 0 Å². The third kappa shape index (κ3) is 4.39. The molecule has 0 rings (SSSR count). The van der Waals surface area contributed by atoms with Gasteiger partial charge >= 0.3 is 11.7 Å². The van der Waals surface area contributed by atoms with Crippen molar-refractivity contribution in [3.63, 3.8) is 0 Å². The zero-order valence-electron chi connectivity index (χ0n) is 6.26. The largest absolute Gasteiger partial charge is 0.463 e. The lowest BCUT2D eigenvalue weighted by Crippen LogP contribution is -2.06. The molecule has 0 aromatic carbocycles. The topological polar surface area (TPSA) is 40.9 Å². The third-order valence-electron chi connectivity index (χ3n) is 1.09. The van der Waals surface area contributed by atoms with Crippen LogP contribution in [0.15, 0.2) is 0 Å². The summed E-state index contributed by atoms with van der Waals surface area (Å²) in [6.07, 6.45) is 1.13. The van der Waals surface area contributed by atoms with Crippen molar-refractivity contribution in [2.24, 2.45) is 0 Å². The summed E-state index contributed by atoms with van der Waals surface area (Å²) in [6.45, 7) is 3.95. The normalized spacial score (nSPS) is 12.6. The number of hydrogen-bond donors (Lipinski definition) is 0. The van der Waals surface area contributed by atoms with Gasteiger partial charge in [0.1, 0.15) is 0 Å². The summed E-state index contributed by atoms with van der Waals surface area (Å²) < 4.78 is 10.3. The predicted molar refractivity (Wildman–Crippen MR) is 41.3 cm³/mol. The predicted octanol–water partition coefficient (Wildman–Crippen LogP) is 1.70. The number of nitriles is 1. The number of nitrogens with zero attached hydrogens (tertiary/aromatic N) is 1. The molecule has 0 aliphatic rings. The van der Waals surface area contributed by atoms with Crippen LogP contribution in [-0.2, 0) is 15.9 Å². The molecule has 55 valence electrons. The smallest absolute Gasteiger partial charge is 0.198 e. The molecule has 1 radical (unpaired) electrons. The van der Waals surface area contributed by atoms with Gasteiger partial charge in [0.15, 0.2) is 0 Å². The highest BCUT2D eigenvalue weighted by molar-refractivity contribution is 7.66. The van der Waals surface area contributed by atoms with E-state index in [1.807, 2.05) is 19.9 Å². The molecule has 0 aromatic rings. The molecule has 3 heteroatoms. The highest BCUT2D eigenvalue weighted by atomic mass is 32.1. The van der Waals surface area contributed by atoms with E-state index in [1.165, 1.54) is 5.92 Å². The van der Waals surface area contributed by atoms with E-state index in [-0.39, 0.29) is 5.25 Å². The molecule has 0 aromatic heterocycles. The van der Waals surface area contributed by atoms with Crippen molar-refractivity contribution in [3.05, 3.63) is 5.92 Å². The van der Waals surface area contributed by atoms with Gasteiger partial charge in [-0.15, -0.1) is 0 Å². The average Bonchev–Trinajstić information content (AvgIpc) is 1.86. The van der Waals surface area contributed by atoms with Crippen LogP contribution < -0.4 is 0 Å². The lowest BCUT2D eigenvalue weighted by Gasteiger charge is -1.98. The Labute approximate surface area is 65.7 Å². The van der Waals surface area contributed by atoms with E-state index < -0.39 is 0 Å². The van der Waals surface area contributed by atoms with E-state index >= 15 is 0 Å². The summed E-state index contributed by atoms with van der Waals surface area (Å²) in [6, 6.07) is 1.99. The summed E-state index contributed by atoms with van der Waals surface area (Å²) >= 11 is 0.529. The number of hydrogen-bond acceptors (Lipinski definition) is 2. The van der Waals surface area contributed by atoms with Gasteiger partial charge in [0.2, 0.25) is 0 Å². The summed E-state index contributed by atoms with van der Waals surface area (Å²) in [5, 5.41) is 8.22. The minimum absolute atomic E-state index is 0.0463. The highest BCUT2D eigenvalue weighted by Gasteiger charge is 2.22. The first-order valence-corrected chi connectivity index (χ1v) is 3.95. The molecule has 2 nitrogen and oxygen atoms in total. The minimum Gasteiger partial charge on any atom is -0.198 e. The Morgan fingerprint density at radius 3 is 2.60 bits per heavy atom. The summed E-state index contributed by atoms with van der Waals surface area (Å²) in [5.74, 6) is 1.21. The average molecular weight is 157 g/mol. The Morgan fingerprint density at radius 1 is 1.70 bits per heavy atom. The zero-order chi connectivity index (χ0) is 7.98. The van der Waals surface area contributed by atoms with Crippen LogP contribution in [0.25, 0.3) is 0 Å². The van der Waals surface area contributed by atoms with Crippen LogP contribution in [-0.4, -0.2) is 5.25 Å². The van der Waals surface area contributed by atoms with Crippen LogP contribution in [0.1, 0.15) is 26.7 Å². The quantitative estimate of drug-likeness (QED) is 0.583. The Balaban J connectivity index is 3.62. The molecule has 0 amide bonds. The zero-order valence-corrected chi connectivity index (χ0v) is 7.07. The van der Waals surface area contributed by atoms with Crippen LogP contribution >= 0.6 is 0 Å². The third-order valence-corrected chi connectivity index (χ3v) is 1.70. The second-order valence-corrected chi connectivity index (χ2v) is 3.35. The standard InChI is InChI=1S/C7H11NOS/c1-6(2)5-7(10-9)3-4-8/h7H,3,5H2,1-2H3/q+1. The molecule has 1 atom stereocenters. The van der Waals surface area contributed by atoms with Gasteiger partial charge in [0.25, 0.3) is 5.25 Å². The van der Waals surface area contributed by atoms with E-state index in [4.69, 9.17) is 5.26 Å². The lowest BCUT2D eigenvalue weighted by molar-refractivity contribution is 0.594. The van der Waals surface area contributed by atoms with Gasteiger partial charge < -0.3 is 0 Å². The van der Waals surface area contributed by atoms with Gasteiger partial charge in [-0.25, -0.2) is 0 Å². The molecule has 0 bridgehead atoms. The van der Waals surface area contributed by atoms with Crippen molar-refractivity contribution < 1.29 is 4.21 Å². The Bertz CT molecular complexity index is 139. The fourth-order valence-corrected chi connectivity index (χ4v) is 1.24. The highest BCUT2D eigenvalue weighted by Crippen LogP contribution is 2.10. The number of rotatable bonds is 4. The van der Waals surface area contributed by atoms with E-state index in [2.05, 4.69) is 0 Å². The second-order valence-electron chi connectivity index (χ2n) is 2.49. The monoisotopic (exact) mass is 157 g/mol. The van der Waals surface area contributed by atoms with Crippen LogP contribution in [0.4, 0.5) is 0 Å². The van der Waals surface area contributed by atoms with E-state index in [0.717, 1.165) is 6.42 Å². The first kappa shape index (κ1) is 9.51. The molecule has 0 fully saturated rings. The molecule has 0 aliphatic heterocycles.